The molecule has 0 aromatic carbocycles. The number of rotatable bonds is 5. The van der Waals surface area contributed by atoms with Gasteiger partial charge in [-0.25, -0.2) is 13.2 Å². The number of carbonyl (C=O) groups excluding carboxylic acids is 2. The Morgan fingerprint density at radius 3 is 2.52 bits per heavy atom. The molecule has 1 aromatic rings. The first-order valence-electron chi connectivity index (χ1n) is 8.60. The van der Waals surface area contributed by atoms with Crippen molar-refractivity contribution in [3.63, 3.8) is 0 Å². The molecule has 8 heteroatoms. The molecule has 2 aliphatic rings. The van der Waals surface area contributed by atoms with Crippen molar-refractivity contribution in [2.24, 2.45) is 0 Å². The summed E-state index contributed by atoms with van der Waals surface area (Å²) in [7, 11) is -3.09. The van der Waals surface area contributed by atoms with Crippen molar-refractivity contribution in [2.75, 3.05) is 18.1 Å². The lowest BCUT2D eigenvalue weighted by molar-refractivity contribution is -0.139. The fourth-order valence-electron chi connectivity index (χ4n) is 3.76. The molecule has 1 saturated heterocycles. The van der Waals surface area contributed by atoms with E-state index in [0.717, 1.165) is 25.7 Å². The highest BCUT2D eigenvalue weighted by Gasteiger charge is 2.39. The predicted octanol–water partition coefficient (Wildman–Crippen LogP) is 1.70. The molecule has 1 atom stereocenters. The minimum Gasteiger partial charge on any atom is -0.469 e. The van der Waals surface area contributed by atoms with Gasteiger partial charge in [0.1, 0.15) is 11.3 Å². The van der Waals surface area contributed by atoms with E-state index in [1.54, 1.807) is 11.8 Å². The van der Waals surface area contributed by atoms with E-state index in [-0.39, 0.29) is 36.1 Å². The maximum Gasteiger partial charge on any atom is 0.342 e. The van der Waals surface area contributed by atoms with E-state index in [1.165, 1.54) is 12.3 Å². The van der Waals surface area contributed by atoms with Crippen LogP contribution in [0.25, 0.3) is 0 Å². The van der Waals surface area contributed by atoms with Crippen LogP contribution in [0.1, 0.15) is 48.2 Å². The molecule has 3 rings (SSSR count). The van der Waals surface area contributed by atoms with Crippen molar-refractivity contribution in [1.29, 1.82) is 0 Å². The Kier molecular flexibility index (Phi) is 5.17. The van der Waals surface area contributed by atoms with Gasteiger partial charge in [-0.15, -0.1) is 0 Å². The zero-order valence-corrected chi connectivity index (χ0v) is 15.1. The van der Waals surface area contributed by atoms with Gasteiger partial charge in [-0.1, -0.05) is 12.8 Å². The number of esters is 1. The van der Waals surface area contributed by atoms with Crippen molar-refractivity contribution < 1.29 is 27.2 Å². The molecule has 2 fully saturated rings. The topological polar surface area (TPSA) is 93.9 Å². The Bertz CT molecular complexity index is 747. The van der Waals surface area contributed by atoms with E-state index < -0.39 is 15.8 Å². The van der Waals surface area contributed by atoms with E-state index in [0.29, 0.717) is 17.7 Å². The molecule has 0 radical (unpaired) electrons. The Morgan fingerprint density at radius 1 is 1.24 bits per heavy atom. The maximum absolute atomic E-state index is 12.7. The maximum atomic E-state index is 12.7. The highest BCUT2D eigenvalue weighted by molar-refractivity contribution is 7.91. The van der Waals surface area contributed by atoms with E-state index >= 15 is 0 Å². The van der Waals surface area contributed by atoms with E-state index in [2.05, 4.69) is 0 Å². The summed E-state index contributed by atoms with van der Waals surface area (Å²) in [4.78, 5) is 26.4. The fourth-order valence-corrected chi connectivity index (χ4v) is 5.47. The van der Waals surface area contributed by atoms with Crippen molar-refractivity contribution in [2.45, 2.75) is 51.1 Å². The first-order valence-corrected chi connectivity index (χ1v) is 10.4. The third kappa shape index (κ3) is 4.05. The molecule has 138 valence electrons. The van der Waals surface area contributed by atoms with Crippen molar-refractivity contribution >= 4 is 21.7 Å². The van der Waals surface area contributed by atoms with Gasteiger partial charge < -0.3 is 14.1 Å². The zero-order chi connectivity index (χ0) is 18.0. The summed E-state index contributed by atoms with van der Waals surface area (Å²) in [5.74, 6) is -0.368. The van der Waals surface area contributed by atoms with Crippen molar-refractivity contribution in [3.8, 4) is 0 Å². The summed E-state index contributed by atoms with van der Waals surface area (Å²) in [6.45, 7) is 1.27. The second-order valence-electron chi connectivity index (χ2n) is 6.76. The van der Waals surface area contributed by atoms with Crippen LogP contribution >= 0.6 is 0 Å². The van der Waals surface area contributed by atoms with E-state index in [9.17, 15) is 18.0 Å². The minimum atomic E-state index is -3.09. The number of aryl methyl sites for hydroxylation is 1. The molecule has 1 aromatic heterocycles. The van der Waals surface area contributed by atoms with Crippen LogP contribution in [0, 0.1) is 6.92 Å². The quantitative estimate of drug-likeness (QED) is 0.734. The first-order chi connectivity index (χ1) is 11.9. The average Bonchev–Trinajstić information content (AvgIpc) is 3.28. The molecular formula is C17H23NO6S. The van der Waals surface area contributed by atoms with Crippen LogP contribution in [-0.2, 0) is 19.4 Å². The van der Waals surface area contributed by atoms with Gasteiger partial charge in [0.25, 0.3) is 5.91 Å². The number of nitrogens with zero attached hydrogens (tertiary/aromatic N) is 1. The standard InChI is InChI=1S/C17H23NO6S/c1-12-15(6-8-23-12)17(20)24-10-16(19)18(13-4-2-3-5-13)14-7-9-25(21,22)11-14/h6,8,13-14H,2-5,7,9-11H2,1H3. The number of hydrogen-bond donors (Lipinski definition) is 0. The summed E-state index contributed by atoms with van der Waals surface area (Å²) in [6, 6.07) is 1.23. The second kappa shape index (κ2) is 7.19. The molecule has 0 bridgehead atoms. The van der Waals surface area contributed by atoms with Gasteiger partial charge in [0.2, 0.25) is 0 Å². The lowest BCUT2D eigenvalue weighted by Crippen LogP contribution is -2.48. The van der Waals surface area contributed by atoms with Gasteiger partial charge in [-0.3, -0.25) is 4.79 Å². The summed E-state index contributed by atoms with van der Waals surface area (Å²) >= 11 is 0. The molecule has 1 aliphatic heterocycles. The van der Waals surface area contributed by atoms with Crippen LogP contribution < -0.4 is 0 Å². The number of carbonyl (C=O) groups is 2. The van der Waals surface area contributed by atoms with E-state index in [1.807, 2.05) is 0 Å². The molecule has 0 spiro atoms. The Labute approximate surface area is 147 Å². The predicted molar refractivity (Wildman–Crippen MR) is 89.9 cm³/mol. The van der Waals surface area contributed by atoms with Crippen LogP contribution in [0.5, 0.6) is 0 Å². The van der Waals surface area contributed by atoms with Crippen LogP contribution in [0.15, 0.2) is 16.7 Å². The molecule has 1 aliphatic carbocycles. The van der Waals surface area contributed by atoms with Gasteiger partial charge >= 0.3 is 5.97 Å². The monoisotopic (exact) mass is 369 g/mol. The van der Waals surface area contributed by atoms with Crippen LogP contribution in [0.2, 0.25) is 0 Å². The summed E-state index contributed by atoms with van der Waals surface area (Å²) < 4.78 is 33.8. The zero-order valence-electron chi connectivity index (χ0n) is 14.3. The van der Waals surface area contributed by atoms with Crippen LogP contribution in [0.4, 0.5) is 0 Å². The Balaban J connectivity index is 1.67. The molecule has 25 heavy (non-hydrogen) atoms. The highest BCUT2D eigenvalue weighted by atomic mass is 32.2. The van der Waals surface area contributed by atoms with Crippen LogP contribution in [0.3, 0.4) is 0 Å². The lowest BCUT2D eigenvalue weighted by atomic mass is 10.1. The minimum absolute atomic E-state index is 0.00399. The number of furan rings is 1. The number of amides is 1. The van der Waals surface area contributed by atoms with Crippen molar-refractivity contribution in [1.82, 2.24) is 4.90 Å². The number of sulfone groups is 1. The number of ether oxygens (including phenoxy) is 1. The fraction of sp³-hybridized carbons (Fsp3) is 0.647. The Morgan fingerprint density at radius 2 is 1.96 bits per heavy atom. The van der Waals surface area contributed by atoms with Gasteiger partial charge in [0.05, 0.1) is 17.8 Å². The molecule has 1 amide bonds. The molecule has 7 nitrogen and oxygen atoms in total. The average molecular weight is 369 g/mol. The van der Waals surface area contributed by atoms with Gasteiger partial charge in [-0.2, -0.15) is 0 Å². The third-order valence-electron chi connectivity index (χ3n) is 5.01. The number of hydrogen-bond acceptors (Lipinski definition) is 6. The molecule has 1 saturated carbocycles. The highest BCUT2D eigenvalue weighted by Crippen LogP contribution is 2.29. The third-order valence-corrected chi connectivity index (χ3v) is 6.76. The molecular weight excluding hydrogens is 346 g/mol. The summed E-state index contributed by atoms with van der Waals surface area (Å²) in [6.07, 6.45) is 5.65. The van der Waals surface area contributed by atoms with Gasteiger partial charge in [0.15, 0.2) is 16.4 Å². The molecule has 2 heterocycles. The van der Waals surface area contributed by atoms with E-state index in [4.69, 9.17) is 9.15 Å². The van der Waals surface area contributed by atoms with Crippen LogP contribution in [-0.4, -0.2) is 55.4 Å². The Hall–Kier alpha value is -1.83. The summed E-state index contributed by atoms with van der Waals surface area (Å²) in [5.41, 5.74) is 0.295. The lowest BCUT2D eigenvalue weighted by Gasteiger charge is -2.33. The smallest absolute Gasteiger partial charge is 0.342 e. The second-order valence-corrected chi connectivity index (χ2v) is 8.99. The largest absolute Gasteiger partial charge is 0.469 e. The molecule has 1 unspecified atom stereocenters. The summed E-state index contributed by atoms with van der Waals surface area (Å²) in [5, 5.41) is 0. The van der Waals surface area contributed by atoms with Gasteiger partial charge in [-0.05, 0) is 32.3 Å². The molecule has 0 N–H and O–H groups in total. The normalized spacial score (nSPS) is 22.8. The van der Waals surface area contributed by atoms with Gasteiger partial charge in [0, 0.05) is 12.1 Å². The SMILES string of the molecule is Cc1occc1C(=O)OCC(=O)N(C1CCCC1)C1CCS(=O)(=O)C1. The first kappa shape index (κ1) is 18.0. The van der Waals surface area contributed by atoms with Crippen molar-refractivity contribution in [3.05, 3.63) is 23.7 Å².